The molecule has 1 amide bonds. The minimum atomic E-state index is 0.0438. The molecule has 0 bridgehead atoms. The van der Waals surface area contributed by atoms with Gasteiger partial charge in [0.25, 0.3) is 5.91 Å². The average Bonchev–Trinajstić information content (AvgIpc) is 3.03. The van der Waals surface area contributed by atoms with Crippen LogP contribution in [-0.2, 0) is 13.6 Å². The summed E-state index contributed by atoms with van der Waals surface area (Å²) >= 11 is 0. The number of carbonyl (C=O) groups excluding carboxylic acids is 1. The molecule has 5 heteroatoms. The van der Waals surface area contributed by atoms with Crippen molar-refractivity contribution in [1.29, 1.82) is 0 Å². The Balaban J connectivity index is 1.63. The SMILES string of the molecule is CC(C)CN(Cc1ccc2c(c1)OCCO2)C(=O)c1cc2ccccc2n1C. The van der Waals surface area contributed by atoms with Gasteiger partial charge in [0.15, 0.2) is 11.5 Å². The highest BCUT2D eigenvalue weighted by Gasteiger charge is 2.22. The van der Waals surface area contributed by atoms with Crippen LogP contribution in [0.2, 0.25) is 0 Å². The van der Waals surface area contributed by atoms with Crippen LogP contribution in [-0.4, -0.2) is 35.1 Å². The second-order valence-electron chi connectivity index (χ2n) is 7.70. The molecule has 0 fully saturated rings. The average molecular weight is 378 g/mol. The third-order valence-corrected chi connectivity index (χ3v) is 5.02. The number of hydrogen-bond acceptors (Lipinski definition) is 3. The van der Waals surface area contributed by atoms with E-state index in [1.165, 1.54) is 0 Å². The summed E-state index contributed by atoms with van der Waals surface area (Å²) in [7, 11) is 1.95. The van der Waals surface area contributed by atoms with Gasteiger partial charge in [0.2, 0.25) is 0 Å². The highest BCUT2D eigenvalue weighted by atomic mass is 16.6. The van der Waals surface area contributed by atoms with Crippen molar-refractivity contribution in [3.63, 3.8) is 0 Å². The van der Waals surface area contributed by atoms with Gasteiger partial charge in [0.1, 0.15) is 18.9 Å². The van der Waals surface area contributed by atoms with Crippen LogP contribution >= 0.6 is 0 Å². The molecule has 0 saturated heterocycles. The molecule has 0 atom stereocenters. The fraction of sp³-hybridized carbons (Fsp3) is 0.348. The van der Waals surface area contributed by atoms with Crippen LogP contribution in [0.5, 0.6) is 11.5 Å². The van der Waals surface area contributed by atoms with E-state index in [0.717, 1.165) is 28.0 Å². The van der Waals surface area contributed by atoms with Crippen LogP contribution in [0, 0.1) is 5.92 Å². The normalized spacial score (nSPS) is 13.1. The number of carbonyl (C=O) groups is 1. The summed E-state index contributed by atoms with van der Waals surface area (Å²) in [5, 5.41) is 1.08. The van der Waals surface area contributed by atoms with E-state index >= 15 is 0 Å². The molecule has 0 aliphatic carbocycles. The third kappa shape index (κ3) is 3.57. The lowest BCUT2D eigenvalue weighted by molar-refractivity contribution is 0.0713. The monoisotopic (exact) mass is 378 g/mol. The zero-order valence-corrected chi connectivity index (χ0v) is 16.6. The fourth-order valence-electron chi connectivity index (χ4n) is 3.72. The Labute approximate surface area is 165 Å². The van der Waals surface area contributed by atoms with E-state index in [2.05, 4.69) is 13.8 Å². The molecule has 2 aromatic carbocycles. The first-order valence-electron chi connectivity index (χ1n) is 9.75. The van der Waals surface area contributed by atoms with Crippen molar-refractivity contribution >= 4 is 16.8 Å². The topological polar surface area (TPSA) is 43.7 Å². The molecule has 0 unspecified atom stereocenters. The van der Waals surface area contributed by atoms with E-state index in [-0.39, 0.29) is 5.91 Å². The maximum atomic E-state index is 13.4. The van der Waals surface area contributed by atoms with Crippen LogP contribution < -0.4 is 9.47 Å². The van der Waals surface area contributed by atoms with E-state index in [1.807, 2.05) is 65.0 Å². The first-order chi connectivity index (χ1) is 13.5. The van der Waals surface area contributed by atoms with Crippen LogP contribution in [0.1, 0.15) is 29.9 Å². The smallest absolute Gasteiger partial charge is 0.270 e. The second-order valence-corrected chi connectivity index (χ2v) is 7.70. The quantitative estimate of drug-likeness (QED) is 0.667. The van der Waals surface area contributed by atoms with Crippen LogP contribution in [0.15, 0.2) is 48.5 Å². The summed E-state index contributed by atoms with van der Waals surface area (Å²) < 4.78 is 13.3. The number of para-hydroxylation sites is 1. The standard InChI is InChI=1S/C23H26N2O3/c1-16(2)14-25(15-17-8-9-21-22(12-17)28-11-10-27-21)23(26)20-13-18-6-4-5-7-19(18)24(20)3/h4-9,12-13,16H,10-11,14-15H2,1-3H3. The maximum Gasteiger partial charge on any atom is 0.270 e. The molecule has 4 rings (SSSR count). The number of rotatable bonds is 5. The number of amides is 1. The van der Waals surface area contributed by atoms with Gasteiger partial charge in [-0.1, -0.05) is 38.1 Å². The first kappa shape index (κ1) is 18.4. The third-order valence-electron chi connectivity index (χ3n) is 5.02. The van der Waals surface area contributed by atoms with E-state index in [1.54, 1.807) is 0 Å². The highest BCUT2D eigenvalue weighted by Crippen LogP contribution is 2.31. The molecule has 0 N–H and O–H groups in total. The van der Waals surface area contributed by atoms with Crippen molar-refractivity contribution in [2.75, 3.05) is 19.8 Å². The van der Waals surface area contributed by atoms with E-state index in [0.29, 0.717) is 37.9 Å². The summed E-state index contributed by atoms with van der Waals surface area (Å²) in [6.45, 7) is 6.62. The molecule has 1 aliphatic rings. The lowest BCUT2D eigenvalue weighted by atomic mass is 10.1. The molecule has 0 saturated carbocycles. The Morgan fingerprint density at radius 1 is 1.07 bits per heavy atom. The zero-order chi connectivity index (χ0) is 19.7. The Hall–Kier alpha value is -2.95. The first-order valence-corrected chi connectivity index (χ1v) is 9.75. The predicted octanol–water partition coefficient (Wildman–Crippen LogP) is 4.25. The van der Waals surface area contributed by atoms with Crippen molar-refractivity contribution in [2.45, 2.75) is 20.4 Å². The summed E-state index contributed by atoms with van der Waals surface area (Å²) in [5.74, 6) is 1.94. The molecule has 2 heterocycles. The molecular formula is C23H26N2O3. The Bertz CT molecular complexity index is 1010. The van der Waals surface area contributed by atoms with Gasteiger partial charge in [0, 0.05) is 31.0 Å². The van der Waals surface area contributed by atoms with Gasteiger partial charge in [-0.3, -0.25) is 4.79 Å². The molecule has 0 spiro atoms. The molecule has 1 aliphatic heterocycles. The summed E-state index contributed by atoms with van der Waals surface area (Å²) in [4.78, 5) is 15.3. The molecule has 5 nitrogen and oxygen atoms in total. The number of nitrogens with zero attached hydrogens (tertiary/aromatic N) is 2. The summed E-state index contributed by atoms with van der Waals surface area (Å²) in [6, 6.07) is 16.0. The van der Waals surface area contributed by atoms with Gasteiger partial charge in [-0.05, 0) is 35.7 Å². The van der Waals surface area contributed by atoms with Crippen molar-refractivity contribution in [1.82, 2.24) is 9.47 Å². The van der Waals surface area contributed by atoms with E-state index in [4.69, 9.17) is 9.47 Å². The highest BCUT2D eigenvalue weighted by molar-refractivity contribution is 5.98. The molecule has 28 heavy (non-hydrogen) atoms. The lowest BCUT2D eigenvalue weighted by Crippen LogP contribution is -2.34. The largest absolute Gasteiger partial charge is 0.486 e. The van der Waals surface area contributed by atoms with Crippen molar-refractivity contribution in [2.24, 2.45) is 13.0 Å². The molecule has 0 radical (unpaired) electrons. The van der Waals surface area contributed by atoms with Gasteiger partial charge in [-0.25, -0.2) is 0 Å². The van der Waals surface area contributed by atoms with Gasteiger partial charge in [-0.15, -0.1) is 0 Å². The van der Waals surface area contributed by atoms with E-state index in [9.17, 15) is 4.79 Å². The van der Waals surface area contributed by atoms with Crippen molar-refractivity contribution in [3.8, 4) is 11.5 Å². The molecule has 146 valence electrons. The van der Waals surface area contributed by atoms with Crippen LogP contribution in [0.25, 0.3) is 10.9 Å². The van der Waals surface area contributed by atoms with E-state index < -0.39 is 0 Å². The zero-order valence-electron chi connectivity index (χ0n) is 16.6. The molecular weight excluding hydrogens is 352 g/mol. The van der Waals surface area contributed by atoms with Crippen LogP contribution in [0.3, 0.4) is 0 Å². The van der Waals surface area contributed by atoms with Crippen molar-refractivity contribution < 1.29 is 14.3 Å². The van der Waals surface area contributed by atoms with Gasteiger partial charge < -0.3 is 18.9 Å². The lowest BCUT2D eigenvalue weighted by Gasteiger charge is -2.26. The molecule has 3 aromatic rings. The Morgan fingerprint density at radius 3 is 2.57 bits per heavy atom. The number of hydrogen-bond donors (Lipinski definition) is 0. The molecule has 1 aromatic heterocycles. The number of aryl methyl sites for hydroxylation is 1. The minimum absolute atomic E-state index is 0.0438. The summed E-state index contributed by atoms with van der Waals surface area (Å²) in [5.41, 5.74) is 2.81. The number of benzene rings is 2. The van der Waals surface area contributed by atoms with Gasteiger partial charge in [-0.2, -0.15) is 0 Å². The van der Waals surface area contributed by atoms with Crippen molar-refractivity contribution in [3.05, 3.63) is 59.8 Å². The van der Waals surface area contributed by atoms with Gasteiger partial charge in [0.05, 0.1) is 0 Å². The number of fused-ring (bicyclic) bond motifs is 2. The fourth-order valence-corrected chi connectivity index (χ4v) is 3.72. The number of aromatic nitrogens is 1. The minimum Gasteiger partial charge on any atom is -0.486 e. The Kier molecular flexibility index (Phi) is 4.99. The number of ether oxygens (including phenoxy) is 2. The Morgan fingerprint density at radius 2 is 1.82 bits per heavy atom. The predicted molar refractivity (Wildman–Crippen MR) is 110 cm³/mol. The van der Waals surface area contributed by atoms with Crippen LogP contribution in [0.4, 0.5) is 0 Å². The van der Waals surface area contributed by atoms with Gasteiger partial charge >= 0.3 is 0 Å². The second kappa shape index (κ2) is 7.58. The maximum absolute atomic E-state index is 13.4. The summed E-state index contributed by atoms with van der Waals surface area (Å²) in [6.07, 6.45) is 0.